The Labute approximate surface area is 138 Å². The van der Waals surface area contributed by atoms with E-state index in [2.05, 4.69) is 4.98 Å². The number of hydrogen-bond acceptors (Lipinski definition) is 4. The lowest BCUT2D eigenvalue weighted by Gasteiger charge is -2.24. The fraction of sp³-hybridized carbons (Fsp3) is 0.529. The van der Waals surface area contributed by atoms with Gasteiger partial charge in [0.25, 0.3) is 11.5 Å². The largest absolute Gasteiger partial charge is 0.341 e. The van der Waals surface area contributed by atoms with Crippen molar-refractivity contribution in [3.05, 3.63) is 33.6 Å². The van der Waals surface area contributed by atoms with Crippen molar-refractivity contribution in [1.82, 2.24) is 9.55 Å². The topological polar surface area (TPSA) is 64.2 Å². The number of anilines is 1. The lowest BCUT2D eigenvalue weighted by Crippen LogP contribution is -2.34. The van der Waals surface area contributed by atoms with Gasteiger partial charge in [-0.15, -0.1) is 0 Å². The van der Waals surface area contributed by atoms with Crippen LogP contribution in [0.25, 0.3) is 10.9 Å². The lowest BCUT2D eigenvalue weighted by molar-refractivity contribution is 0.0795. The van der Waals surface area contributed by atoms with Crippen molar-refractivity contribution >= 4 is 16.9 Å². The predicted molar refractivity (Wildman–Crippen MR) is 88.5 cm³/mol. The van der Waals surface area contributed by atoms with Gasteiger partial charge >= 0.3 is 0 Å². The number of hydrogen-bond donors (Lipinski definition) is 1. The molecule has 1 aromatic carbocycles. The summed E-state index contributed by atoms with van der Waals surface area (Å²) < 4.78 is 28.3. The predicted octanol–water partition coefficient (Wildman–Crippen LogP) is 1.96. The van der Waals surface area contributed by atoms with Gasteiger partial charge in [0.2, 0.25) is 5.95 Å². The van der Waals surface area contributed by atoms with Gasteiger partial charge < -0.3 is 10.6 Å². The van der Waals surface area contributed by atoms with E-state index in [0.29, 0.717) is 16.9 Å². The molecule has 0 spiro atoms. The Morgan fingerprint density at radius 1 is 1.33 bits per heavy atom. The number of piperidine rings is 1. The number of benzene rings is 1. The molecule has 2 N–H and O–H groups in total. The second kappa shape index (κ2) is 4.75. The van der Waals surface area contributed by atoms with Crippen molar-refractivity contribution in [1.29, 1.82) is 0 Å². The van der Waals surface area contributed by atoms with Crippen LogP contribution in [0.4, 0.5) is 14.7 Å². The minimum Gasteiger partial charge on any atom is -0.341 e. The summed E-state index contributed by atoms with van der Waals surface area (Å²) >= 11 is 0. The molecule has 1 aliphatic carbocycles. The molecule has 1 aromatic heterocycles. The molecule has 2 aliphatic rings. The van der Waals surface area contributed by atoms with Crippen LogP contribution in [-0.2, 0) is 7.05 Å². The van der Waals surface area contributed by atoms with Crippen LogP contribution >= 0.6 is 0 Å². The fourth-order valence-electron chi connectivity index (χ4n) is 3.84. The number of fused-ring (bicyclic) bond motifs is 2. The SMILES string of the molecule is Cc1cc(C(C)N)c2nc(N3CC4C(C3)C4(F)F)n(C)c(=O)c2c1. The van der Waals surface area contributed by atoms with Gasteiger partial charge in [-0.05, 0) is 31.0 Å². The summed E-state index contributed by atoms with van der Waals surface area (Å²) in [7, 11) is 1.64. The molecular weight excluding hydrogens is 314 g/mol. The monoisotopic (exact) mass is 334 g/mol. The maximum Gasteiger partial charge on any atom is 0.262 e. The number of aryl methyl sites for hydroxylation is 1. The Kier molecular flexibility index (Phi) is 3.07. The van der Waals surface area contributed by atoms with Gasteiger partial charge in [0.05, 0.1) is 22.7 Å². The van der Waals surface area contributed by atoms with E-state index in [1.54, 1.807) is 18.0 Å². The number of aromatic nitrogens is 2. The van der Waals surface area contributed by atoms with E-state index >= 15 is 0 Å². The average Bonchev–Trinajstić information content (AvgIpc) is 2.89. The van der Waals surface area contributed by atoms with Gasteiger partial charge in [-0.1, -0.05) is 6.07 Å². The number of nitrogens with two attached hydrogens (primary N) is 1. The first-order valence-corrected chi connectivity index (χ1v) is 8.11. The highest BCUT2D eigenvalue weighted by Gasteiger charge is 2.72. The molecule has 2 heterocycles. The normalized spacial score (nSPS) is 25.8. The van der Waals surface area contributed by atoms with Crippen molar-refractivity contribution in [3.8, 4) is 0 Å². The molecule has 1 saturated heterocycles. The zero-order chi connectivity index (χ0) is 17.4. The van der Waals surface area contributed by atoms with Crippen molar-refractivity contribution in [2.24, 2.45) is 24.6 Å². The van der Waals surface area contributed by atoms with E-state index in [1.807, 2.05) is 19.9 Å². The second-order valence-corrected chi connectivity index (χ2v) is 7.11. The van der Waals surface area contributed by atoms with E-state index in [4.69, 9.17) is 5.73 Å². The van der Waals surface area contributed by atoms with E-state index in [9.17, 15) is 13.6 Å². The standard InChI is InChI=1S/C17H20F2N4O/c1-8-4-10(9(2)20)14-11(5-8)15(24)22(3)16(21-14)23-6-12-13(7-23)17(12,18)19/h4-5,9,12-13H,6-7,20H2,1-3H3. The molecule has 1 aliphatic heterocycles. The highest BCUT2D eigenvalue weighted by atomic mass is 19.3. The fourth-order valence-corrected chi connectivity index (χ4v) is 3.84. The number of rotatable bonds is 2. The molecule has 3 atom stereocenters. The Morgan fingerprint density at radius 3 is 2.54 bits per heavy atom. The Morgan fingerprint density at radius 2 is 1.96 bits per heavy atom. The van der Waals surface area contributed by atoms with Crippen LogP contribution in [0.5, 0.6) is 0 Å². The van der Waals surface area contributed by atoms with E-state index in [1.165, 1.54) is 4.57 Å². The Balaban J connectivity index is 1.86. The highest BCUT2D eigenvalue weighted by molar-refractivity contribution is 5.83. The average molecular weight is 334 g/mol. The summed E-state index contributed by atoms with van der Waals surface area (Å²) in [5.74, 6) is -3.34. The zero-order valence-corrected chi connectivity index (χ0v) is 13.9. The first-order chi connectivity index (χ1) is 11.2. The molecule has 0 bridgehead atoms. The molecule has 2 aromatic rings. The van der Waals surface area contributed by atoms with Crippen LogP contribution in [-0.4, -0.2) is 28.6 Å². The minimum atomic E-state index is -2.56. The van der Waals surface area contributed by atoms with Crippen LogP contribution in [0.1, 0.15) is 24.1 Å². The van der Waals surface area contributed by atoms with Crippen LogP contribution in [0.15, 0.2) is 16.9 Å². The molecule has 0 radical (unpaired) electrons. The second-order valence-electron chi connectivity index (χ2n) is 7.11. The summed E-state index contributed by atoms with van der Waals surface area (Å²) in [6.07, 6.45) is 0. The van der Waals surface area contributed by atoms with Crippen LogP contribution < -0.4 is 16.2 Å². The van der Waals surface area contributed by atoms with Crippen molar-refractivity contribution < 1.29 is 8.78 Å². The summed E-state index contributed by atoms with van der Waals surface area (Å²) in [5.41, 5.74) is 8.19. The molecular formula is C17H20F2N4O. The van der Waals surface area contributed by atoms with Crippen LogP contribution in [0.2, 0.25) is 0 Å². The molecule has 5 nitrogen and oxygen atoms in total. The third kappa shape index (κ3) is 2.00. The maximum atomic E-state index is 13.4. The van der Waals surface area contributed by atoms with Gasteiger partial charge in [0.15, 0.2) is 0 Å². The third-order valence-corrected chi connectivity index (χ3v) is 5.30. The van der Waals surface area contributed by atoms with Crippen molar-refractivity contribution in [2.45, 2.75) is 25.8 Å². The van der Waals surface area contributed by atoms with Crippen molar-refractivity contribution in [2.75, 3.05) is 18.0 Å². The molecule has 0 amide bonds. The van der Waals surface area contributed by atoms with E-state index < -0.39 is 17.8 Å². The van der Waals surface area contributed by atoms with Crippen LogP contribution in [0, 0.1) is 18.8 Å². The smallest absolute Gasteiger partial charge is 0.262 e. The molecule has 4 rings (SSSR count). The molecule has 3 unspecified atom stereocenters. The quantitative estimate of drug-likeness (QED) is 0.912. The highest BCUT2D eigenvalue weighted by Crippen LogP contribution is 2.59. The summed E-state index contributed by atoms with van der Waals surface area (Å²) in [5, 5.41) is 0.517. The maximum absolute atomic E-state index is 13.4. The van der Waals surface area contributed by atoms with E-state index in [-0.39, 0.29) is 24.7 Å². The molecule has 24 heavy (non-hydrogen) atoms. The van der Waals surface area contributed by atoms with Gasteiger partial charge in [0.1, 0.15) is 0 Å². The lowest BCUT2D eigenvalue weighted by atomic mass is 10.0. The van der Waals surface area contributed by atoms with Gasteiger partial charge in [0, 0.05) is 26.2 Å². The molecule has 7 heteroatoms. The summed E-state index contributed by atoms with van der Waals surface area (Å²) in [6, 6.07) is 3.46. The minimum absolute atomic E-state index is 0.173. The number of alkyl halides is 2. The van der Waals surface area contributed by atoms with Crippen molar-refractivity contribution in [3.63, 3.8) is 0 Å². The molecule has 128 valence electrons. The van der Waals surface area contributed by atoms with Gasteiger partial charge in [-0.3, -0.25) is 9.36 Å². The number of nitrogens with zero attached hydrogens (tertiary/aromatic N) is 3. The summed E-state index contributed by atoms with van der Waals surface area (Å²) in [4.78, 5) is 19.2. The van der Waals surface area contributed by atoms with Crippen LogP contribution in [0.3, 0.4) is 0 Å². The first kappa shape index (κ1) is 15.5. The number of halogens is 2. The summed E-state index contributed by atoms with van der Waals surface area (Å²) in [6.45, 7) is 4.24. The van der Waals surface area contributed by atoms with Gasteiger partial charge in [-0.2, -0.15) is 0 Å². The molecule has 2 fully saturated rings. The van der Waals surface area contributed by atoms with E-state index in [0.717, 1.165) is 11.1 Å². The zero-order valence-electron chi connectivity index (χ0n) is 13.9. The third-order valence-electron chi connectivity index (χ3n) is 5.30. The molecule has 1 saturated carbocycles. The van der Waals surface area contributed by atoms with Gasteiger partial charge in [-0.25, -0.2) is 13.8 Å². The Hall–Kier alpha value is -2.02. The Bertz CT molecular complexity index is 892. The first-order valence-electron chi connectivity index (χ1n) is 8.11.